The van der Waals surface area contributed by atoms with Gasteiger partial charge in [0.15, 0.2) is 16.0 Å². The maximum Gasteiger partial charge on any atom is 0.407 e. The SMILES string of the molecule is CC(C)(C)OC(=O)N[C@@H](Cc1ccccc1)CN1C(=O)c2ccccc2C1O.CC(C)(C)OC(=O)N[C@H](CNS(=O)(=O)c1ccc([N+](=O)[O-])cc1[N+](=O)[O-])Cc1ccccc1.O=[N+]([O-])c1ccc(S(=O)(=O)Cl)c([N+](=O)[O-])c1. The third kappa shape index (κ3) is 18.9. The second kappa shape index (κ2) is 26.0. The van der Waals surface area contributed by atoms with Gasteiger partial charge in [0.25, 0.3) is 37.7 Å². The molecule has 5 aromatic carbocycles. The zero-order valence-electron chi connectivity index (χ0n) is 41.9. The highest BCUT2D eigenvalue weighted by atomic mass is 35.7. The molecule has 3 amide bonds. The first-order chi connectivity index (χ1) is 35.8. The molecule has 26 nitrogen and oxygen atoms in total. The molecule has 0 fully saturated rings. The van der Waals surface area contributed by atoms with Gasteiger partial charge in [-0.3, -0.25) is 45.3 Å². The molecule has 6 rings (SSSR count). The molecule has 0 aromatic heterocycles. The molecule has 1 aliphatic heterocycles. The Hall–Kier alpha value is -8.18. The molecule has 5 aromatic rings. The number of hydrogen-bond acceptors (Lipinski definition) is 18. The average molecular weight is 1130 g/mol. The van der Waals surface area contributed by atoms with Crippen molar-refractivity contribution in [3.05, 3.63) is 184 Å². The van der Waals surface area contributed by atoms with E-state index in [2.05, 4.69) is 15.4 Å². The minimum Gasteiger partial charge on any atom is -0.444 e. The van der Waals surface area contributed by atoms with Crippen molar-refractivity contribution in [1.29, 1.82) is 0 Å². The molecule has 0 aliphatic carbocycles. The van der Waals surface area contributed by atoms with E-state index in [0.717, 1.165) is 35.4 Å². The summed E-state index contributed by atoms with van der Waals surface area (Å²) in [6.45, 7) is 10.3. The van der Waals surface area contributed by atoms with Crippen LogP contribution >= 0.6 is 10.7 Å². The van der Waals surface area contributed by atoms with E-state index < -0.39 is 113 Å². The lowest BCUT2D eigenvalue weighted by Gasteiger charge is -2.28. The lowest BCUT2D eigenvalue weighted by molar-refractivity contribution is -0.396. The number of aliphatic hydroxyl groups excluding tert-OH is 1. The Morgan fingerprint density at radius 1 is 0.636 bits per heavy atom. The van der Waals surface area contributed by atoms with Crippen LogP contribution in [0.4, 0.5) is 32.3 Å². The van der Waals surface area contributed by atoms with Crippen LogP contribution in [0.25, 0.3) is 0 Å². The third-order valence-corrected chi connectivity index (χ3v) is 13.1. The largest absolute Gasteiger partial charge is 0.444 e. The van der Waals surface area contributed by atoms with Crippen molar-refractivity contribution in [2.24, 2.45) is 0 Å². The number of alkyl carbamates (subject to hydrolysis) is 2. The lowest BCUT2D eigenvalue weighted by atomic mass is 10.1. The molecule has 0 spiro atoms. The Kier molecular flexibility index (Phi) is 20.8. The Morgan fingerprint density at radius 3 is 1.48 bits per heavy atom. The number of fused-ring (bicyclic) bond motifs is 1. The Bertz CT molecular complexity index is 3210. The van der Waals surface area contributed by atoms with Crippen molar-refractivity contribution >= 4 is 70.6 Å². The van der Waals surface area contributed by atoms with Crippen LogP contribution in [-0.2, 0) is 41.4 Å². The van der Waals surface area contributed by atoms with Crippen LogP contribution in [0.5, 0.6) is 0 Å². The summed E-state index contributed by atoms with van der Waals surface area (Å²) in [6.07, 6.45) is -1.59. The zero-order chi connectivity index (χ0) is 57.6. The molecule has 1 heterocycles. The molecule has 1 unspecified atom stereocenters. The van der Waals surface area contributed by atoms with Gasteiger partial charge in [0, 0.05) is 53.1 Å². The summed E-state index contributed by atoms with van der Waals surface area (Å²) in [4.78, 5) is 76.4. The van der Waals surface area contributed by atoms with Gasteiger partial charge in [-0.1, -0.05) is 78.9 Å². The average Bonchev–Trinajstić information content (AvgIpc) is 3.57. The first kappa shape index (κ1) is 61.4. The first-order valence-electron chi connectivity index (χ1n) is 22.7. The van der Waals surface area contributed by atoms with Gasteiger partial charge in [-0.25, -0.2) is 31.1 Å². The second-order valence-electron chi connectivity index (χ2n) is 18.6. The van der Waals surface area contributed by atoms with Gasteiger partial charge in [-0.2, -0.15) is 0 Å². The normalized spacial score (nSPS) is 13.9. The molecule has 0 bridgehead atoms. The third-order valence-electron chi connectivity index (χ3n) is 10.3. The number of nitrogens with zero attached hydrogens (tertiary/aromatic N) is 5. The minimum atomic E-state index is -4.44. The first-order valence-corrected chi connectivity index (χ1v) is 26.5. The minimum absolute atomic E-state index is 0.169. The number of nitro benzene ring substituents is 4. The van der Waals surface area contributed by atoms with Gasteiger partial charge in [0.05, 0.1) is 37.9 Å². The number of non-ortho nitro benzene ring substituents is 2. The predicted octanol–water partition coefficient (Wildman–Crippen LogP) is 7.62. The number of nitro groups is 4. The second-order valence-corrected chi connectivity index (χ2v) is 22.9. The summed E-state index contributed by atoms with van der Waals surface area (Å²) >= 11 is 0. The summed E-state index contributed by atoms with van der Waals surface area (Å²) in [5, 5.41) is 59.1. The quantitative estimate of drug-likeness (QED) is 0.0395. The van der Waals surface area contributed by atoms with Crippen molar-refractivity contribution in [3.8, 4) is 0 Å². The highest BCUT2D eigenvalue weighted by Gasteiger charge is 2.37. The molecule has 4 N–H and O–H groups in total. The maximum atomic E-state index is 12.8. The van der Waals surface area contributed by atoms with Crippen LogP contribution < -0.4 is 15.4 Å². The molecule has 3 atom stereocenters. The van der Waals surface area contributed by atoms with E-state index in [-0.39, 0.29) is 25.4 Å². The van der Waals surface area contributed by atoms with Gasteiger partial charge >= 0.3 is 12.2 Å². The Morgan fingerprint density at radius 2 is 1.05 bits per heavy atom. The number of carbonyl (C=O) groups excluding carboxylic acids is 3. The molecule has 0 saturated heterocycles. The van der Waals surface area contributed by atoms with E-state index in [1.807, 2.05) is 30.3 Å². The van der Waals surface area contributed by atoms with E-state index in [1.54, 1.807) is 96.1 Å². The van der Waals surface area contributed by atoms with E-state index in [1.165, 1.54) is 4.90 Å². The Labute approximate surface area is 445 Å². The molecule has 0 saturated carbocycles. The van der Waals surface area contributed by atoms with Crippen molar-refractivity contribution in [3.63, 3.8) is 0 Å². The van der Waals surface area contributed by atoms with Crippen LogP contribution in [0.1, 0.15) is 74.8 Å². The molecule has 29 heteroatoms. The highest BCUT2D eigenvalue weighted by molar-refractivity contribution is 8.13. The van der Waals surface area contributed by atoms with Gasteiger partial charge in [-0.05, 0) is 83.7 Å². The zero-order valence-corrected chi connectivity index (χ0v) is 44.3. The standard InChI is InChI=1S/C22H26N2O4.C20H24N4O8S.C6H3ClN2O6S/c1-22(2,3)28-21(27)23-16(13-15-9-5-4-6-10-15)14-24-19(25)17-11-7-8-12-18(17)20(24)26;1-20(2,3)32-19(25)22-15(11-14-7-5-4-6-8-14)13-21-33(30,31)18-10-9-16(23(26)27)12-17(18)24(28)29;7-16(14,15)6-2-1-4(8(10)11)3-5(6)9(12)13/h4-12,16,19,25H,13-14H2,1-3H3,(H,23,27);4-10,12,15,21H,11,13H2,1-3H3,(H,22,25);1-3H/t16-,19?;15-;/m00./s1. The van der Waals surface area contributed by atoms with Crippen LogP contribution in [0, 0.1) is 40.5 Å². The van der Waals surface area contributed by atoms with Crippen LogP contribution in [-0.4, -0.2) is 101 Å². The van der Waals surface area contributed by atoms with Crippen molar-refractivity contribution in [2.45, 2.75) is 93.7 Å². The number of benzene rings is 5. The monoisotopic (exact) mass is 1130 g/mol. The van der Waals surface area contributed by atoms with Gasteiger partial charge < -0.3 is 30.1 Å². The van der Waals surface area contributed by atoms with Gasteiger partial charge in [0.1, 0.15) is 11.2 Å². The number of amides is 3. The number of rotatable bonds is 17. The molecular formula is C48H53ClN8O18S2. The summed E-state index contributed by atoms with van der Waals surface area (Å²) in [7, 11) is -3.82. The summed E-state index contributed by atoms with van der Waals surface area (Å²) < 4.78 is 60.3. The van der Waals surface area contributed by atoms with Crippen molar-refractivity contribution in [2.75, 3.05) is 13.1 Å². The molecule has 77 heavy (non-hydrogen) atoms. The fourth-order valence-electron chi connectivity index (χ4n) is 7.10. The van der Waals surface area contributed by atoms with Gasteiger partial charge in [0.2, 0.25) is 10.0 Å². The summed E-state index contributed by atoms with van der Waals surface area (Å²) in [5.41, 5.74) is -1.57. The van der Waals surface area contributed by atoms with Crippen LogP contribution in [0.2, 0.25) is 0 Å². The fraction of sp³-hybridized carbons (Fsp3) is 0.312. The number of ether oxygens (including phenoxy) is 2. The van der Waals surface area contributed by atoms with Crippen LogP contribution in [0.15, 0.2) is 131 Å². The topological polar surface area (TPSA) is 370 Å². The number of aliphatic hydroxyl groups is 1. The number of nitrogens with one attached hydrogen (secondary N) is 3. The maximum absolute atomic E-state index is 12.8. The van der Waals surface area contributed by atoms with E-state index in [9.17, 15) is 76.8 Å². The van der Waals surface area contributed by atoms with Crippen LogP contribution in [0.3, 0.4) is 0 Å². The summed E-state index contributed by atoms with van der Waals surface area (Å²) in [5.74, 6) is -0.243. The molecule has 1 aliphatic rings. The highest BCUT2D eigenvalue weighted by Crippen LogP contribution is 2.33. The predicted molar refractivity (Wildman–Crippen MR) is 277 cm³/mol. The van der Waals surface area contributed by atoms with Crippen molar-refractivity contribution in [1.82, 2.24) is 20.3 Å². The number of carbonyl (C=O) groups is 3. The Balaban J connectivity index is 0.000000264. The smallest absolute Gasteiger partial charge is 0.407 e. The van der Waals surface area contributed by atoms with Gasteiger partial charge in [-0.15, -0.1) is 0 Å². The number of hydrogen-bond donors (Lipinski definition) is 4. The number of halogens is 1. The number of sulfonamides is 1. The fourth-order valence-corrected chi connectivity index (χ4v) is 9.33. The lowest BCUT2D eigenvalue weighted by Crippen LogP contribution is -2.47. The summed E-state index contributed by atoms with van der Waals surface area (Å²) in [6, 6.07) is 28.8. The molecule has 0 radical (unpaired) electrons. The van der Waals surface area contributed by atoms with E-state index in [0.29, 0.717) is 29.7 Å². The van der Waals surface area contributed by atoms with E-state index in [4.69, 9.17) is 20.2 Å². The van der Waals surface area contributed by atoms with Crippen molar-refractivity contribution < 1.29 is 65.5 Å². The molecule has 412 valence electrons. The molecular weight excluding hydrogens is 1080 g/mol. The van der Waals surface area contributed by atoms with E-state index >= 15 is 0 Å².